The Hall–Kier alpha value is -0.910. The van der Waals surface area contributed by atoms with Crippen molar-refractivity contribution in [1.29, 1.82) is 0 Å². The van der Waals surface area contributed by atoms with Crippen molar-refractivity contribution in [3.05, 3.63) is 28.2 Å². The SMILES string of the molecule is Cc1ccc(NC(=O)CCN2CCNCC2)c(Br)c1. The average Bonchev–Trinajstić information content (AvgIpc) is 2.41. The first-order valence-electron chi connectivity index (χ1n) is 6.64. The molecule has 19 heavy (non-hydrogen) atoms. The van der Waals surface area contributed by atoms with Crippen molar-refractivity contribution < 1.29 is 4.79 Å². The summed E-state index contributed by atoms with van der Waals surface area (Å²) in [5, 5.41) is 6.26. The van der Waals surface area contributed by atoms with Gasteiger partial charge in [0.2, 0.25) is 5.91 Å². The fourth-order valence-corrected chi connectivity index (χ4v) is 2.72. The third kappa shape index (κ3) is 4.60. The monoisotopic (exact) mass is 325 g/mol. The molecule has 1 heterocycles. The van der Waals surface area contributed by atoms with Crippen molar-refractivity contribution in [1.82, 2.24) is 10.2 Å². The molecule has 1 aromatic rings. The van der Waals surface area contributed by atoms with E-state index in [-0.39, 0.29) is 5.91 Å². The Morgan fingerprint density at radius 3 is 2.84 bits per heavy atom. The maximum Gasteiger partial charge on any atom is 0.225 e. The lowest BCUT2D eigenvalue weighted by molar-refractivity contribution is -0.116. The molecule has 0 spiro atoms. The van der Waals surface area contributed by atoms with E-state index in [0.717, 1.165) is 42.9 Å². The maximum atomic E-state index is 11.9. The van der Waals surface area contributed by atoms with Crippen LogP contribution in [-0.2, 0) is 4.79 Å². The van der Waals surface area contributed by atoms with E-state index in [1.54, 1.807) is 0 Å². The summed E-state index contributed by atoms with van der Waals surface area (Å²) in [6.45, 7) is 6.96. The van der Waals surface area contributed by atoms with Gasteiger partial charge in [-0.05, 0) is 40.5 Å². The second-order valence-corrected chi connectivity index (χ2v) is 5.73. The van der Waals surface area contributed by atoms with E-state index < -0.39 is 0 Å². The van der Waals surface area contributed by atoms with Crippen LogP contribution in [0.25, 0.3) is 0 Å². The predicted octanol–water partition coefficient (Wildman–Crippen LogP) is 1.99. The van der Waals surface area contributed by atoms with Gasteiger partial charge in [-0.3, -0.25) is 4.79 Å². The number of benzene rings is 1. The summed E-state index contributed by atoms with van der Waals surface area (Å²) in [4.78, 5) is 14.2. The lowest BCUT2D eigenvalue weighted by Crippen LogP contribution is -2.44. The van der Waals surface area contributed by atoms with Gasteiger partial charge in [0, 0.05) is 43.6 Å². The van der Waals surface area contributed by atoms with E-state index in [1.807, 2.05) is 25.1 Å². The van der Waals surface area contributed by atoms with Crippen LogP contribution in [0.4, 0.5) is 5.69 Å². The summed E-state index contributed by atoms with van der Waals surface area (Å²) in [7, 11) is 0. The second kappa shape index (κ2) is 7.03. The van der Waals surface area contributed by atoms with E-state index in [9.17, 15) is 4.79 Å². The Kier molecular flexibility index (Phi) is 5.36. The van der Waals surface area contributed by atoms with Gasteiger partial charge in [-0.15, -0.1) is 0 Å². The Morgan fingerprint density at radius 1 is 1.42 bits per heavy atom. The van der Waals surface area contributed by atoms with Gasteiger partial charge in [0.1, 0.15) is 0 Å². The van der Waals surface area contributed by atoms with Gasteiger partial charge < -0.3 is 15.5 Å². The Bertz CT molecular complexity index is 444. The van der Waals surface area contributed by atoms with Gasteiger partial charge in [0.05, 0.1) is 5.69 Å². The van der Waals surface area contributed by atoms with Crippen molar-refractivity contribution in [3.63, 3.8) is 0 Å². The maximum absolute atomic E-state index is 11.9. The molecule has 1 amide bonds. The molecular weight excluding hydrogens is 306 g/mol. The van der Waals surface area contributed by atoms with E-state index in [0.29, 0.717) is 6.42 Å². The average molecular weight is 326 g/mol. The number of hydrogen-bond donors (Lipinski definition) is 2. The van der Waals surface area contributed by atoms with E-state index in [4.69, 9.17) is 0 Å². The largest absolute Gasteiger partial charge is 0.325 e. The van der Waals surface area contributed by atoms with Crippen LogP contribution in [0.5, 0.6) is 0 Å². The summed E-state index contributed by atoms with van der Waals surface area (Å²) >= 11 is 3.47. The summed E-state index contributed by atoms with van der Waals surface area (Å²) in [6.07, 6.45) is 0.542. The molecule has 2 N–H and O–H groups in total. The van der Waals surface area contributed by atoms with Crippen LogP contribution < -0.4 is 10.6 Å². The quantitative estimate of drug-likeness (QED) is 0.889. The highest BCUT2D eigenvalue weighted by Gasteiger charge is 2.12. The number of rotatable bonds is 4. The topological polar surface area (TPSA) is 44.4 Å². The number of piperazine rings is 1. The van der Waals surface area contributed by atoms with Gasteiger partial charge in [-0.25, -0.2) is 0 Å². The third-order valence-corrected chi connectivity index (χ3v) is 3.92. The predicted molar refractivity (Wildman–Crippen MR) is 81.4 cm³/mol. The molecule has 4 nitrogen and oxygen atoms in total. The first kappa shape index (κ1) is 14.5. The fourth-order valence-electron chi connectivity index (χ4n) is 2.13. The van der Waals surface area contributed by atoms with Crippen molar-refractivity contribution in [2.24, 2.45) is 0 Å². The lowest BCUT2D eigenvalue weighted by atomic mass is 10.2. The van der Waals surface area contributed by atoms with Crippen molar-refractivity contribution in [2.45, 2.75) is 13.3 Å². The standard InChI is InChI=1S/C14H20BrN3O/c1-11-2-3-13(12(15)10-11)17-14(19)4-7-18-8-5-16-6-9-18/h2-3,10,16H,4-9H2,1H3,(H,17,19). The highest BCUT2D eigenvalue weighted by atomic mass is 79.9. The van der Waals surface area contributed by atoms with Crippen LogP contribution in [0, 0.1) is 6.92 Å². The summed E-state index contributed by atoms with van der Waals surface area (Å²) in [6, 6.07) is 5.94. The number of hydrogen-bond acceptors (Lipinski definition) is 3. The first-order chi connectivity index (χ1) is 9.15. The molecule has 0 unspecified atom stereocenters. The molecule has 1 fully saturated rings. The minimum Gasteiger partial charge on any atom is -0.325 e. The Balaban J connectivity index is 1.80. The van der Waals surface area contributed by atoms with Gasteiger partial charge in [-0.2, -0.15) is 0 Å². The summed E-state index contributed by atoms with van der Waals surface area (Å²) in [5.74, 6) is 0.0723. The Labute approximate surface area is 122 Å². The van der Waals surface area contributed by atoms with E-state index in [1.165, 1.54) is 5.56 Å². The van der Waals surface area contributed by atoms with Crippen LogP contribution in [0.3, 0.4) is 0 Å². The molecule has 104 valence electrons. The number of aryl methyl sites for hydroxylation is 1. The first-order valence-corrected chi connectivity index (χ1v) is 7.43. The van der Waals surface area contributed by atoms with Crippen molar-refractivity contribution in [3.8, 4) is 0 Å². The molecule has 0 radical (unpaired) electrons. The second-order valence-electron chi connectivity index (χ2n) is 4.87. The molecule has 0 bridgehead atoms. The van der Waals surface area contributed by atoms with Gasteiger partial charge in [0.15, 0.2) is 0 Å². The molecule has 5 heteroatoms. The Morgan fingerprint density at radius 2 is 2.16 bits per heavy atom. The van der Waals surface area contributed by atoms with Crippen LogP contribution in [0.1, 0.15) is 12.0 Å². The molecule has 0 saturated carbocycles. The van der Waals surface area contributed by atoms with E-state index >= 15 is 0 Å². The minimum atomic E-state index is 0.0723. The highest BCUT2D eigenvalue weighted by Crippen LogP contribution is 2.23. The fraction of sp³-hybridized carbons (Fsp3) is 0.500. The van der Waals surface area contributed by atoms with Crippen LogP contribution >= 0.6 is 15.9 Å². The summed E-state index contributed by atoms with van der Waals surface area (Å²) < 4.78 is 0.933. The molecular formula is C14H20BrN3O. The normalized spacial score (nSPS) is 16.3. The number of halogens is 1. The van der Waals surface area contributed by atoms with Gasteiger partial charge >= 0.3 is 0 Å². The van der Waals surface area contributed by atoms with Crippen molar-refractivity contribution in [2.75, 3.05) is 38.0 Å². The number of amides is 1. The smallest absolute Gasteiger partial charge is 0.225 e. The molecule has 1 saturated heterocycles. The number of carbonyl (C=O) groups excluding carboxylic acids is 1. The number of nitrogens with one attached hydrogen (secondary N) is 2. The van der Waals surface area contributed by atoms with Crippen LogP contribution in [-0.4, -0.2) is 43.5 Å². The third-order valence-electron chi connectivity index (χ3n) is 3.26. The van der Waals surface area contributed by atoms with Gasteiger partial charge in [-0.1, -0.05) is 6.07 Å². The zero-order chi connectivity index (χ0) is 13.7. The lowest BCUT2D eigenvalue weighted by Gasteiger charge is -2.26. The zero-order valence-corrected chi connectivity index (χ0v) is 12.8. The molecule has 2 rings (SSSR count). The summed E-state index contributed by atoms with van der Waals surface area (Å²) in [5.41, 5.74) is 2.02. The molecule has 0 atom stereocenters. The minimum absolute atomic E-state index is 0.0723. The number of nitrogens with zero attached hydrogens (tertiary/aromatic N) is 1. The van der Waals surface area contributed by atoms with Crippen LogP contribution in [0.2, 0.25) is 0 Å². The molecule has 0 aromatic heterocycles. The molecule has 1 aliphatic heterocycles. The molecule has 1 aromatic carbocycles. The van der Waals surface area contributed by atoms with Crippen LogP contribution in [0.15, 0.2) is 22.7 Å². The molecule has 1 aliphatic rings. The van der Waals surface area contributed by atoms with Crippen molar-refractivity contribution >= 4 is 27.5 Å². The van der Waals surface area contributed by atoms with Gasteiger partial charge in [0.25, 0.3) is 0 Å². The highest BCUT2D eigenvalue weighted by molar-refractivity contribution is 9.10. The number of carbonyl (C=O) groups is 1. The zero-order valence-electron chi connectivity index (χ0n) is 11.2. The van der Waals surface area contributed by atoms with E-state index in [2.05, 4.69) is 31.5 Å². The number of anilines is 1. The molecule has 0 aliphatic carbocycles.